The normalized spacial score (nSPS) is 14.7. The zero-order valence-electron chi connectivity index (χ0n) is 11.4. The summed E-state index contributed by atoms with van der Waals surface area (Å²) in [5.41, 5.74) is 3.03. The molecule has 2 nitrogen and oxygen atoms in total. The number of hydrogen-bond acceptors (Lipinski definition) is 2. The van der Waals surface area contributed by atoms with Crippen LogP contribution in [0.1, 0.15) is 22.7 Å². The fourth-order valence-electron chi connectivity index (χ4n) is 2.73. The van der Waals surface area contributed by atoms with E-state index in [2.05, 4.69) is 5.32 Å². The molecule has 1 N–H and O–H groups in total. The molecule has 0 saturated carbocycles. The van der Waals surface area contributed by atoms with Crippen LogP contribution in [-0.4, -0.2) is 13.7 Å². The largest absolute Gasteiger partial charge is 0.493 e. The zero-order chi connectivity index (χ0) is 15.0. The second-order valence-electron chi connectivity index (χ2n) is 4.95. The van der Waals surface area contributed by atoms with Crippen LogP contribution in [0.2, 0.25) is 15.1 Å². The van der Waals surface area contributed by atoms with E-state index in [4.69, 9.17) is 39.5 Å². The third kappa shape index (κ3) is 2.74. The van der Waals surface area contributed by atoms with E-state index in [9.17, 15) is 0 Å². The Morgan fingerprint density at radius 2 is 1.95 bits per heavy atom. The highest BCUT2D eigenvalue weighted by Crippen LogP contribution is 2.41. The summed E-state index contributed by atoms with van der Waals surface area (Å²) in [6, 6.07) is 9.38. The van der Waals surface area contributed by atoms with Crippen LogP contribution in [0.5, 0.6) is 5.75 Å². The molecule has 0 radical (unpaired) electrons. The van der Waals surface area contributed by atoms with Gasteiger partial charge in [0, 0.05) is 17.0 Å². The molecule has 3 rings (SSSR count). The molecule has 0 fully saturated rings. The summed E-state index contributed by atoms with van der Waals surface area (Å²) in [4.78, 5) is 0. The molecule has 21 heavy (non-hydrogen) atoms. The fourth-order valence-corrected chi connectivity index (χ4v) is 3.40. The van der Waals surface area contributed by atoms with Crippen LogP contribution in [0.25, 0.3) is 0 Å². The Labute approximate surface area is 139 Å². The minimum Gasteiger partial charge on any atom is -0.493 e. The fraction of sp³-hybridized carbons (Fsp3) is 0.250. The number of benzene rings is 2. The summed E-state index contributed by atoms with van der Waals surface area (Å²) < 4.78 is 5.78. The molecule has 0 amide bonds. The Kier molecular flexibility index (Phi) is 4.32. The van der Waals surface area contributed by atoms with Gasteiger partial charge in [-0.1, -0.05) is 46.9 Å². The van der Waals surface area contributed by atoms with E-state index < -0.39 is 0 Å². The number of rotatable bonds is 3. The monoisotopic (exact) mass is 341 g/mol. The molecule has 2 aromatic rings. The van der Waals surface area contributed by atoms with Crippen molar-refractivity contribution in [2.75, 3.05) is 13.7 Å². The molecule has 0 bridgehead atoms. The minimum absolute atomic E-state index is 0.123. The summed E-state index contributed by atoms with van der Waals surface area (Å²) in [5, 5.41) is 5.06. The highest BCUT2D eigenvalue weighted by molar-refractivity contribution is 6.42. The molecule has 0 saturated heterocycles. The third-order valence-electron chi connectivity index (χ3n) is 3.67. The molecule has 2 aromatic carbocycles. The van der Waals surface area contributed by atoms with Gasteiger partial charge in [0.25, 0.3) is 0 Å². The molecule has 0 spiro atoms. The minimum atomic E-state index is -0.123. The first-order valence-electron chi connectivity index (χ1n) is 6.68. The number of fused-ring (bicyclic) bond motifs is 1. The topological polar surface area (TPSA) is 21.3 Å². The first kappa shape index (κ1) is 15.0. The number of halogens is 3. The molecule has 1 atom stereocenters. The van der Waals surface area contributed by atoms with Crippen LogP contribution >= 0.6 is 34.8 Å². The van der Waals surface area contributed by atoms with E-state index in [0.717, 1.165) is 28.9 Å². The Hall–Kier alpha value is -0.930. The van der Waals surface area contributed by atoms with E-state index in [1.54, 1.807) is 6.07 Å². The quantitative estimate of drug-likeness (QED) is 0.857. The molecule has 1 aliphatic rings. The summed E-state index contributed by atoms with van der Waals surface area (Å²) in [6.45, 7) is 0.683. The van der Waals surface area contributed by atoms with Crippen molar-refractivity contribution in [3.8, 4) is 5.75 Å². The first-order valence-corrected chi connectivity index (χ1v) is 7.81. The summed E-state index contributed by atoms with van der Waals surface area (Å²) in [6.07, 6.45) is 0.878. The van der Waals surface area contributed by atoms with Crippen molar-refractivity contribution < 1.29 is 4.74 Å². The second kappa shape index (κ2) is 6.05. The summed E-state index contributed by atoms with van der Waals surface area (Å²) in [5.74, 6) is 0.898. The Bertz CT molecular complexity index is 687. The number of ether oxygens (including phenoxy) is 1. The standard InChI is InChI=1S/C16H14Cl3NO/c1-20-15(11-3-2-4-13(18)14(11)19)12-8-10(17)7-9-5-6-21-16(9)12/h2-4,7-8,15,20H,5-6H2,1H3. The van der Waals surface area contributed by atoms with Crippen molar-refractivity contribution in [2.24, 2.45) is 0 Å². The van der Waals surface area contributed by atoms with E-state index in [1.165, 1.54) is 0 Å². The van der Waals surface area contributed by atoms with E-state index in [-0.39, 0.29) is 6.04 Å². The second-order valence-corrected chi connectivity index (χ2v) is 6.17. The maximum absolute atomic E-state index is 6.36. The van der Waals surface area contributed by atoms with Gasteiger partial charge in [-0.25, -0.2) is 0 Å². The van der Waals surface area contributed by atoms with Gasteiger partial charge >= 0.3 is 0 Å². The van der Waals surface area contributed by atoms with Crippen molar-refractivity contribution in [2.45, 2.75) is 12.5 Å². The zero-order valence-corrected chi connectivity index (χ0v) is 13.7. The van der Waals surface area contributed by atoms with Gasteiger partial charge in [-0.15, -0.1) is 0 Å². The highest BCUT2D eigenvalue weighted by atomic mass is 35.5. The van der Waals surface area contributed by atoms with Gasteiger partial charge < -0.3 is 10.1 Å². The lowest BCUT2D eigenvalue weighted by Gasteiger charge is -2.21. The molecule has 5 heteroatoms. The lowest BCUT2D eigenvalue weighted by atomic mass is 9.96. The number of hydrogen-bond donors (Lipinski definition) is 1. The van der Waals surface area contributed by atoms with Crippen molar-refractivity contribution in [1.29, 1.82) is 0 Å². The molecule has 0 aromatic heterocycles. The predicted octanol–water partition coefficient (Wildman–Crippen LogP) is 4.89. The highest BCUT2D eigenvalue weighted by Gasteiger charge is 2.25. The smallest absolute Gasteiger partial charge is 0.127 e. The lowest BCUT2D eigenvalue weighted by Crippen LogP contribution is -2.19. The SMILES string of the molecule is CNC(c1cccc(Cl)c1Cl)c1cc(Cl)cc2c1OCC2. The van der Waals surface area contributed by atoms with Gasteiger partial charge in [0.1, 0.15) is 5.75 Å². The van der Waals surface area contributed by atoms with E-state index in [1.807, 2.05) is 31.3 Å². The van der Waals surface area contributed by atoms with Crippen LogP contribution in [0.4, 0.5) is 0 Å². The first-order chi connectivity index (χ1) is 10.1. The van der Waals surface area contributed by atoms with Crippen LogP contribution in [0.3, 0.4) is 0 Å². The Morgan fingerprint density at radius 3 is 2.71 bits per heavy atom. The van der Waals surface area contributed by atoms with Crippen molar-refractivity contribution >= 4 is 34.8 Å². The molecule has 1 aliphatic heterocycles. The van der Waals surface area contributed by atoms with Gasteiger partial charge in [0.15, 0.2) is 0 Å². The lowest BCUT2D eigenvalue weighted by molar-refractivity contribution is 0.351. The summed E-state index contributed by atoms with van der Waals surface area (Å²) in [7, 11) is 1.88. The molecular weight excluding hydrogens is 329 g/mol. The Balaban J connectivity index is 2.15. The Morgan fingerprint density at radius 1 is 1.14 bits per heavy atom. The third-order valence-corrected chi connectivity index (χ3v) is 4.72. The van der Waals surface area contributed by atoms with Gasteiger partial charge in [0.2, 0.25) is 0 Å². The van der Waals surface area contributed by atoms with Gasteiger partial charge in [-0.2, -0.15) is 0 Å². The van der Waals surface area contributed by atoms with Crippen LogP contribution in [0.15, 0.2) is 30.3 Å². The van der Waals surface area contributed by atoms with Crippen LogP contribution in [-0.2, 0) is 6.42 Å². The molecule has 1 unspecified atom stereocenters. The van der Waals surface area contributed by atoms with Crippen molar-refractivity contribution in [1.82, 2.24) is 5.32 Å². The summed E-state index contributed by atoms with van der Waals surface area (Å²) >= 11 is 18.7. The van der Waals surface area contributed by atoms with Crippen molar-refractivity contribution in [3.63, 3.8) is 0 Å². The van der Waals surface area contributed by atoms with E-state index in [0.29, 0.717) is 21.7 Å². The van der Waals surface area contributed by atoms with Crippen molar-refractivity contribution in [3.05, 3.63) is 62.1 Å². The molecular formula is C16H14Cl3NO. The molecule has 0 aliphatic carbocycles. The average molecular weight is 343 g/mol. The van der Waals surface area contributed by atoms with Gasteiger partial charge in [-0.3, -0.25) is 0 Å². The van der Waals surface area contributed by atoms with Gasteiger partial charge in [-0.05, 0) is 36.4 Å². The van der Waals surface area contributed by atoms with Gasteiger partial charge in [0.05, 0.1) is 22.7 Å². The molecule has 110 valence electrons. The maximum atomic E-state index is 6.36. The number of nitrogens with one attached hydrogen (secondary N) is 1. The maximum Gasteiger partial charge on any atom is 0.127 e. The molecule has 1 heterocycles. The van der Waals surface area contributed by atoms with Crippen LogP contribution < -0.4 is 10.1 Å². The van der Waals surface area contributed by atoms with Crippen LogP contribution in [0, 0.1) is 0 Å². The van der Waals surface area contributed by atoms with E-state index >= 15 is 0 Å². The average Bonchev–Trinajstić information content (AvgIpc) is 2.92. The predicted molar refractivity (Wildman–Crippen MR) is 88.0 cm³/mol.